The molecule has 1 aromatic heterocycles. The zero-order chi connectivity index (χ0) is 9.84. The quantitative estimate of drug-likeness (QED) is 0.882. The van der Waals surface area contributed by atoms with Crippen LogP contribution in [0.4, 0.5) is 0 Å². The van der Waals surface area contributed by atoms with Crippen LogP contribution in [0.25, 0.3) is 0 Å². The lowest BCUT2D eigenvalue weighted by atomic mass is 10.1. The summed E-state index contributed by atoms with van der Waals surface area (Å²) in [4.78, 5) is 4.13. The van der Waals surface area contributed by atoms with E-state index in [2.05, 4.69) is 20.9 Å². The first-order valence-electron chi connectivity index (χ1n) is 4.07. The minimum atomic E-state index is 0.116. The number of aromatic nitrogens is 1. The maximum atomic E-state index is 5.70. The van der Waals surface area contributed by atoms with Gasteiger partial charge < -0.3 is 10.5 Å². The highest BCUT2D eigenvalue weighted by atomic mass is 79.9. The topological polar surface area (TPSA) is 48.1 Å². The summed E-state index contributed by atoms with van der Waals surface area (Å²) in [7, 11) is 1.61. The highest BCUT2D eigenvalue weighted by Crippen LogP contribution is 2.20. The van der Waals surface area contributed by atoms with Gasteiger partial charge in [-0.15, -0.1) is 0 Å². The van der Waals surface area contributed by atoms with E-state index in [1.165, 1.54) is 0 Å². The predicted molar refractivity (Wildman–Crippen MR) is 55.8 cm³/mol. The number of hydrogen-bond acceptors (Lipinski definition) is 3. The molecule has 0 saturated heterocycles. The van der Waals surface area contributed by atoms with E-state index >= 15 is 0 Å². The predicted octanol–water partition coefficient (Wildman–Crippen LogP) is 1.74. The van der Waals surface area contributed by atoms with Crippen molar-refractivity contribution in [2.24, 2.45) is 5.73 Å². The van der Waals surface area contributed by atoms with Gasteiger partial charge in [-0.2, -0.15) is 0 Å². The van der Waals surface area contributed by atoms with Gasteiger partial charge in [-0.3, -0.25) is 0 Å². The highest BCUT2D eigenvalue weighted by molar-refractivity contribution is 9.10. The van der Waals surface area contributed by atoms with Gasteiger partial charge in [0.25, 0.3) is 0 Å². The Morgan fingerprint density at radius 1 is 1.69 bits per heavy atom. The molecule has 1 rings (SSSR count). The number of nitrogens with zero attached hydrogens (tertiary/aromatic N) is 1. The van der Waals surface area contributed by atoms with Crippen LogP contribution in [0.1, 0.15) is 12.5 Å². The summed E-state index contributed by atoms with van der Waals surface area (Å²) in [5.74, 6) is 0.653. The van der Waals surface area contributed by atoms with Crippen LogP contribution in [-0.2, 0) is 6.42 Å². The number of pyridine rings is 1. The fourth-order valence-corrected chi connectivity index (χ4v) is 1.52. The van der Waals surface area contributed by atoms with Gasteiger partial charge in [-0.25, -0.2) is 4.98 Å². The molecular weight excluding hydrogens is 232 g/mol. The summed E-state index contributed by atoms with van der Waals surface area (Å²) in [5, 5.41) is 0. The Labute approximate surface area is 86.4 Å². The Morgan fingerprint density at radius 2 is 2.38 bits per heavy atom. The molecule has 0 radical (unpaired) electrons. The maximum absolute atomic E-state index is 5.70. The van der Waals surface area contributed by atoms with Gasteiger partial charge in [0.05, 0.1) is 7.11 Å². The third-order valence-corrected chi connectivity index (χ3v) is 2.06. The van der Waals surface area contributed by atoms with E-state index in [0.717, 1.165) is 16.5 Å². The molecule has 4 heteroatoms. The molecule has 0 bridgehead atoms. The van der Waals surface area contributed by atoms with Gasteiger partial charge in [-0.1, -0.05) is 0 Å². The van der Waals surface area contributed by atoms with Gasteiger partial charge >= 0.3 is 0 Å². The minimum absolute atomic E-state index is 0.116. The van der Waals surface area contributed by atoms with Crippen LogP contribution < -0.4 is 10.5 Å². The molecular formula is C9H13BrN2O. The molecule has 1 aromatic rings. The lowest BCUT2D eigenvalue weighted by Gasteiger charge is -2.09. The molecule has 0 aliphatic heterocycles. The number of nitrogens with two attached hydrogens (primary N) is 1. The molecule has 0 saturated carbocycles. The number of methoxy groups -OCH3 is 1. The molecule has 0 aliphatic rings. The smallest absolute Gasteiger partial charge is 0.216 e. The van der Waals surface area contributed by atoms with E-state index < -0.39 is 0 Å². The van der Waals surface area contributed by atoms with E-state index in [4.69, 9.17) is 10.5 Å². The van der Waals surface area contributed by atoms with Crippen LogP contribution in [0.15, 0.2) is 16.7 Å². The van der Waals surface area contributed by atoms with Crippen molar-refractivity contribution in [1.29, 1.82) is 0 Å². The number of ether oxygens (including phenoxy) is 1. The Bertz CT molecular complexity index is 289. The molecule has 1 heterocycles. The summed E-state index contributed by atoms with van der Waals surface area (Å²) in [6, 6.07) is 2.10. The summed E-state index contributed by atoms with van der Waals surface area (Å²) < 4.78 is 6.06. The van der Waals surface area contributed by atoms with Crippen LogP contribution in [-0.4, -0.2) is 18.1 Å². The number of rotatable bonds is 3. The minimum Gasteiger partial charge on any atom is -0.481 e. The molecule has 1 unspecified atom stereocenters. The standard InChI is InChI=1S/C9H13BrN2O/c1-6(11)3-7-4-8(10)5-12-9(7)13-2/h4-6H,3,11H2,1-2H3. The monoisotopic (exact) mass is 244 g/mol. The van der Waals surface area contributed by atoms with Gasteiger partial charge in [-0.05, 0) is 35.3 Å². The van der Waals surface area contributed by atoms with Crippen LogP contribution in [0.2, 0.25) is 0 Å². The summed E-state index contributed by atoms with van der Waals surface area (Å²) in [6.45, 7) is 1.96. The number of hydrogen-bond donors (Lipinski definition) is 1. The lowest BCUT2D eigenvalue weighted by Crippen LogP contribution is -2.18. The fraction of sp³-hybridized carbons (Fsp3) is 0.444. The van der Waals surface area contributed by atoms with Crippen molar-refractivity contribution in [2.45, 2.75) is 19.4 Å². The SMILES string of the molecule is COc1ncc(Br)cc1CC(C)N. The Morgan fingerprint density at radius 3 is 2.92 bits per heavy atom. The second-order valence-electron chi connectivity index (χ2n) is 3.00. The molecule has 3 nitrogen and oxygen atoms in total. The van der Waals surface area contributed by atoms with Gasteiger partial charge in [0.15, 0.2) is 0 Å². The fourth-order valence-electron chi connectivity index (χ4n) is 1.15. The zero-order valence-corrected chi connectivity index (χ0v) is 9.34. The van der Waals surface area contributed by atoms with Crippen molar-refractivity contribution >= 4 is 15.9 Å². The normalized spacial score (nSPS) is 12.6. The molecule has 0 aliphatic carbocycles. The van der Waals surface area contributed by atoms with Crippen LogP contribution in [0.3, 0.4) is 0 Å². The molecule has 0 spiro atoms. The van der Waals surface area contributed by atoms with E-state index in [1.54, 1.807) is 13.3 Å². The van der Waals surface area contributed by atoms with Gasteiger partial charge in [0.2, 0.25) is 5.88 Å². The molecule has 0 amide bonds. The Kier molecular flexibility index (Phi) is 3.69. The third kappa shape index (κ3) is 2.97. The average Bonchev–Trinajstić information content (AvgIpc) is 2.03. The summed E-state index contributed by atoms with van der Waals surface area (Å²) in [5.41, 5.74) is 6.73. The van der Waals surface area contributed by atoms with Crippen LogP contribution >= 0.6 is 15.9 Å². The second-order valence-corrected chi connectivity index (χ2v) is 3.92. The second kappa shape index (κ2) is 4.58. The average molecular weight is 245 g/mol. The largest absolute Gasteiger partial charge is 0.481 e. The molecule has 72 valence electrons. The zero-order valence-electron chi connectivity index (χ0n) is 7.75. The van der Waals surface area contributed by atoms with Crippen molar-refractivity contribution in [2.75, 3.05) is 7.11 Å². The Hall–Kier alpha value is -0.610. The van der Waals surface area contributed by atoms with Gasteiger partial charge in [0.1, 0.15) is 0 Å². The van der Waals surface area contributed by atoms with E-state index in [-0.39, 0.29) is 6.04 Å². The molecule has 13 heavy (non-hydrogen) atoms. The first kappa shape index (κ1) is 10.5. The molecule has 0 aromatic carbocycles. The molecule has 2 N–H and O–H groups in total. The van der Waals surface area contributed by atoms with Crippen molar-refractivity contribution in [1.82, 2.24) is 4.98 Å². The summed E-state index contributed by atoms with van der Waals surface area (Å²) in [6.07, 6.45) is 2.49. The van der Waals surface area contributed by atoms with Crippen molar-refractivity contribution in [3.63, 3.8) is 0 Å². The molecule has 1 atom stereocenters. The van der Waals surface area contributed by atoms with E-state index in [0.29, 0.717) is 5.88 Å². The van der Waals surface area contributed by atoms with Crippen molar-refractivity contribution in [3.8, 4) is 5.88 Å². The summed E-state index contributed by atoms with van der Waals surface area (Å²) >= 11 is 3.36. The first-order valence-corrected chi connectivity index (χ1v) is 4.86. The Balaban J connectivity index is 2.94. The van der Waals surface area contributed by atoms with Crippen LogP contribution in [0.5, 0.6) is 5.88 Å². The highest BCUT2D eigenvalue weighted by Gasteiger charge is 2.06. The third-order valence-electron chi connectivity index (χ3n) is 1.63. The number of halogens is 1. The molecule has 0 fully saturated rings. The van der Waals surface area contributed by atoms with Crippen molar-refractivity contribution in [3.05, 3.63) is 22.3 Å². The van der Waals surface area contributed by atoms with E-state index in [1.807, 2.05) is 13.0 Å². The lowest BCUT2D eigenvalue weighted by molar-refractivity contribution is 0.391. The van der Waals surface area contributed by atoms with Gasteiger partial charge in [0, 0.05) is 22.3 Å². The van der Waals surface area contributed by atoms with Crippen LogP contribution in [0, 0.1) is 0 Å². The van der Waals surface area contributed by atoms with E-state index in [9.17, 15) is 0 Å². The maximum Gasteiger partial charge on any atom is 0.216 e. The van der Waals surface area contributed by atoms with Crippen molar-refractivity contribution < 1.29 is 4.74 Å². The first-order chi connectivity index (χ1) is 6.13.